The Labute approximate surface area is 125 Å². The summed E-state index contributed by atoms with van der Waals surface area (Å²) < 4.78 is 0. The van der Waals surface area contributed by atoms with Crippen molar-refractivity contribution in [1.82, 2.24) is 0 Å². The van der Waals surface area contributed by atoms with Crippen LogP contribution in [0, 0.1) is 6.92 Å². The van der Waals surface area contributed by atoms with Crippen LogP contribution in [-0.2, 0) is 0 Å². The number of carbonyl (C=O) groups is 2. The van der Waals surface area contributed by atoms with Crippen LogP contribution in [-0.4, -0.2) is 22.2 Å². The van der Waals surface area contributed by atoms with E-state index in [0.717, 1.165) is 11.6 Å². The molecule has 7 heteroatoms. The van der Waals surface area contributed by atoms with Gasteiger partial charge in [0.25, 0.3) is 0 Å². The maximum atomic E-state index is 11.0. The fourth-order valence-corrected chi connectivity index (χ4v) is 1.82. The molecule has 0 aromatic heterocycles. The van der Waals surface area contributed by atoms with Crippen molar-refractivity contribution in [2.24, 2.45) is 10.2 Å². The monoisotopic (exact) mass is 299 g/mol. The highest BCUT2D eigenvalue weighted by Gasteiger charge is 2.11. The average molecular weight is 299 g/mol. The topological polar surface area (TPSA) is 125 Å². The lowest BCUT2D eigenvalue weighted by Crippen LogP contribution is -2.01. The molecule has 0 saturated heterocycles. The lowest BCUT2D eigenvalue weighted by Gasteiger charge is -2.02. The Morgan fingerprint density at radius 1 is 0.955 bits per heavy atom. The van der Waals surface area contributed by atoms with Crippen LogP contribution in [0.5, 0.6) is 0 Å². The number of hydrogen-bond donors (Lipinski definition) is 3. The van der Waals surface area contributed by atoms with E-state index >= 15 is 0 Å². The van der Waals surface area contributed by atoms with E-state index < -0.39 is 11.9 Å². The molecule has 112 valence electrons. The number of nitrogens with zero attached hydrogens (tertiary/aromatic N) is 2. The van der Waals surface area contributed by atoms with Crippen LogP contribution < -0.4 is 5.73 Å². The Kier molecular flexibility index (Phi) is 4.17. The first kappa shape index (κ1) is 15.2. The van der Waals surface area contributed by atoms with Gasteiger partial charge in [-0.3, -0.25) is 0 Å². The van der Waals surface area contributed by atoms with Gasteiger partial charge in [-0.15, -0.1) is 0 Å². The van der Waals surface area contributed by atoms with Gasteiger partial charge < -0.3 is 15.9 Å². The van der Waals surface area contributed by atoms with Crippen LogP contribution in [0.15, 0.2) is 46.6 Å². The molecule has 0 unspecified atom stereocenters. The van der Waals surface area contributed by atoms with Crippen LogP contribution in [0.3, 0.4) is 0 Å². The number of rotatable bonds is 4. The minimum absolute atomic E-state index is 0.147. The summed E-state index contributed by atoms with van der Waals surface area (Å²) in [7, 11) is 0. The Morgan fingerprint density at radius 2 is 1.55 bits per heavy atom. The molecule has 2 rings (SSSR count). The molecule has 0 spiro atoms. The molecular weight excluding hydrogens is 286 g/mol. The molecular formula is C15H13N3O4. The van der Waals surface area contributed by atoms with E-state index in [1.165, 1.54) is 12.1 Å². The Balaban J connectivity index is 2.41. The molecule has 0 aliphatic rings. The number of aryl methyl sites for hydroxylation is 1. The smallest absolute Gasteiger partial charge is 0.335 e. The Morgan fingerprint density at radius 3 is 2.05 bits per heavy atom. The number of carboxylic acid groups (broad SMARTS) is 2. The molecule has 0 fully saturated rings. The molecule has 22 heavy (non-hydrogen) atoms. The van der Waals surface area contributed by atoms with E-state index in [1.807, 2.05) is 0 Å². The van der Waals surface area contributed by atoms with Crippen LogP contribution in [0.4, 0.5) is 17.1 Å². The average Bonchev–Trinajstić information content (AvgIpc) is 2.46. The van der Waals surface area contributed by atoms with Gasteiger partial charge in [0.15, 0.2) is 0 Å². The maximum Gasteiger partial charge on any atom is 0.335 e. The van der Waals surface area contributed by atoms with E-state index in [0.29, 0.717) is 11.4 Å². The molecule has 0 atom stereocenters. The molecule has 0 bridgehead atoms. The van der Waals surface area contributed by atoms with E-state index in [2.05, 4.69) is 10.2 Å². The highest BCUT2D eigenvalue weighted by atomic mass is 16.4. The zero-order valence-corrected chi connectivity index (χ0v) is 11.6. The number of azo groups is 1. The molecule has 0 radical (unpaired) electrons. The summed E-state index contributed by atoms with van der Waals surface area (Å²) in [6.45, 7) is 1.81. The first-order valence-corrected chi connectivity index (χ1v) is 6.26. The fourth-order valence-electron chi connectivity index (χ4n) is 1.82. The number of nitrogen functional groups attached to an aromatic ring is 1. The van der Waals surface area contributed by atoms with E-state index in [1.54, 1.807) is 25.1 Å². The van der Waals surface area contributed by atoms with Crippen LogP contribution >= 0.6 is 0 Å². The second-order valence-electron chi connectivity index (χ2n) is 4.62. The zero-order chi connectivity index (χ0) is 16.3. The van der Waals surface area contributed by atoms with Gasteiger partial charge in [0.1, 0.15) is 0 Å². The molecule has 2 aromatic rings. The predicted molar refractivity (Wildman–Crippen MR) is 80.1 cm³/mol. The quantitative estimate of drug-likeness (QED) is 0.589. The van der Waals surface area contributed by atoms with Gasteiger partial charge in [0, 0.05) is 5.69 Å². The SMILES string of the molecule is Cc1cc(N)ccc1N=Nc1cc(C(=O)O)cc(C(=O)O)c1. The zero-order valence-electron chi connectivity index (χ0n) is 11.6. The Hall–Kier alpha value is -3.22. The minimum Gasteiger partial charge on any atom is -0.478 e. The normalized spacial score (nSPS) is 10.8. The van der Waals surface area contributed by atoms with Gasteiger partial charge in [-0.05, 0) is 48.9 Å². The lowest BCUT2D eigenvalue weighted by atomic mass is 10.1. The summed E-state index contributed by atoms with van der Waals surface area (Å²) in [4.78, 5) is 22.0. The summed E-state index contributed by atoms with van der Waals surface area (Å²) in [5.41, 5.74) is 7.42. The van der Waals surface area contributed by atoms with Gasteiger partial charge in [-0.1, -0.05) is 0 Å². The van der Waals surface area contributed by atoms with Crippen molar-refractivity contribution in [2.45, 2.75) is 6.92 Å². The number of hydrogen-bond acceptors (Lipinski definition) is 5. The van der Waals surface area contributed by atoms with Gasteiger partial charge in [-0.25, -0.2) is 9.59 Å². The van der Waals surface area contributed by atoms with Gasteiger partial charge in [0.2, 0.25) is 0 Å². The standard InChI is InChI=1S/C15H13N3O4/c1-8-4-11(16)2-3-13(8)18-17-12-6-9(14(19)20)5-10(7-12)15(21)22/h2-7H,16H2,1H3,(H,19,20)(H,21,22). The second kappa shape index (κ2) is 6.04. The summed E-state index contributed by atoms with van der Waals surface area (Å²) in [5, 5.41) is 25.9. The third-order valence-corrected chi connectivity index (χ3v) is 2.91. The maximum absolute atomic E-state index is 11.0. The second-order valence-corrected chi connectivity index (χ2v) is 4.62. The number of anilines is 1. The third-order valence-electron chi connectivity index (χ3n) is 2.91. The first-order valence-electron chi connectivity index (χ1n) is 6.26. The highest BCUT2D eigenvalue weighted by Crippen LogP contribution is 2.25. The van der Waals surface area contributed by atoms with Gasteiger partial charge in [-0.2, -0.15) is 10.2 Å². The lowest BCUT2D eigenvalue weighted by molar-refractivity contribution is 0.0696. The van der Waals surface area contributed by atoms with Crippen molar-refractivity contribution in [1.29, 1.82) is 0 Å². The summed E-state index contributed by atoms with van der Waals surface area (Å²) >= 11 is 0. The minimum atomic E-state index is -1.23. The van der Waals surface area contributed by atoms with Crippen molar-refractivity contribution in [3.8, 4) is 0 Å². The van der Waals surface area contributed by atoms with Gasteiger partial charge in [0.05, 0.1) is 22.5 Å². The van der Waals surface area contributed by atoms with Gasteiger partial charge >= 0.3 is 11.9 Å². The molecule has 0 aliphatic heterocycles. The molecule has 0 heterocycles. The number of aromatic carboxylic acids is 2. The van der Waals surface area contributed by atoms with E-state index in [4.69, 9.17) is 15.9 Å². The van der Waals surface area contributed by atoms with Crippen molar-refractivity contribution in [3.63, 3.8) is 0 Å². The van der Waals surface area contributed by atoms with Crippen molar-refractivity contribution < 1.29 is 19.8 Å². The predicted octanol–water partition coefficient (Wildman–Crippen LogP) is 3.39. The number of carboxylic acids is 2. The first-order chi connectivity index (χ1) is 10.4. The van der Waals surface area contributed by atoms with Crippen molar-refractivity contribution >= 4 is 29.0 Å². The summed E-state index contributed by atoms with van der Waals surface area (Å²) in [6, 6.07) is 8.64. The fraction of sp³-hybridized carbons (Fsp3) is 0.0667. The third kappa shape index (κ3) is 3.45. The van der Waals surface area contributed by atoms with Crippen LogP contribution in [0.2, 0.25) is 0 Å². The Bertz CT molecular complexity index is 752. The summed E-state index contributed by atoms with van der Waals surface area (Å²) in [5.74, 6) is -2.47. The number of nitrogens with two attached hydrogens (primary N) is 1. The molecule has 0 aliphatic carbocycles. The summed E-state index contributed by atoms with van der Waals surface area (Å²) in [6.07, 6.45) is 0. The van der Waals surface area contributed by atoms with Crippen LogP contribution in [0.1, 0.15) is 26.3 Å². The molecule has 7 nitrogen and oxygen atoms in total. The molecule has 0 saturated carbocycles. The number of benzene rings is 2. The molecule has 0 amide bonds. The largest absolute Gasteiger partial charge is 0.478 e. The molecule has 2 aromatic carbocycles. The van der Waals surface area contributed by atoms with E-state index in [9.17, 15) is 9.59 Å². The van der Waals surface area contributed by atoms with Crippen molar-refractivity contribution in [3.05, 3.63) is 53.1 Å². The molecule has 4 N–H and O–H groups in total. The highest BCUT2D eigenvalue weighted by molar-refractivity contribution is 5.95. The van der Waals surface area contributed by atoms with Crippen LogP contribution in [0.25, 0.3) is 0 Å². The van der Waals surface area contributed by atoms with Crippen molar-refractivity contribution in [2.75, 3.05) is 5.73 Å². The van der Waals surface area contributed by atoms with E-state index in [-0.39, 0.29) is 16.8 Å².